The lowest BCUT2D eigenvalue weighted by molar-refractivity contribution is 0.114. The largest absolute Gasteiger partial charge is 0.490 e. The van der Waals surface area contributed by atoms with Crippen molar-refractivity contribution in [2.45, 2.75) is 19.4 Å². The molecule has 1 atom stereocenters. The summed E-state index contributed by atoms with van der Waals surface area (Å²) < 4.78 is 6.40. The Balaban J connectivity index is 1.81. The Labute approximate surface area is 150 Å². The highest BCUT2D eigenvalue weighted by Gasteiger charge is 2.07. The monoisotopic (exact) mass is 391 g/mol. The molecule has 0 bridgehead atoms. The molecule has 4 N–H and O–H groups in total. The Hall–Kier alpha value is -2.05. The molecule has 0 amide bonds. The van der Waals surface area contributed by atoms with E-state index in [1.54, 1.807) is 0 Å². The molecule has 0 aliphatic carbocycles. The van der Waals surface area contributed by atoms with Crippen molar-refractivity contribution in [3.8, 4) is 5.75 Å². The van der Waals surface area contributed by atoms with Gasteiger partial charge < -0.3 is 20.9 Å². The number of anilines is 1. The molecule has 0 aliphatic rings. The summed E-state index contributed by atoms with van der Waals surface area (Å²) in [6.07, 6.45) is 0.219. The van der Waals surface area contributed by atoms with Crippen LogP contribution in [0.2, 0.25) is 0 Å². The summed E-state index contributed by atoms with van der Waals surface area (Å²) >= 11 is 3.39. The van der Waals surface area contributed by atoms with E-state index in [1.807, 2.05) is 42.5 Å². The lowest BCUT2D eigenvalue weighted by atomic mass is 10.1. The maximum Gasteiger partial charge on any atom is 0.193 e. The van der Waals surface area contributed by atoms with E-state index in [0.29, 0.717) is 5.75 Å². The second-order valence-electron chi connectivity index (χ2n) is 5.30. The summed E-state index contributed by atoms with van der Waals surface area (Å²) in [7, 11) is 0. The molecule has 5 nitrogen and oxygen atoms in total. The quantitative estimate of drug-likeness (QED) is 0.500. The third-order valence-corrected chi connectivity index (χ3v) is 4.00. The number of guanidine groups is 1. The van der Waals surface area contributed by atoms with Crippen molar-refractivity contribution in [1.29, 1.82) is 0 Å². The zero-order valence-corrected chi connectivity index (χ0v) is 15.2. The van der Waals surface area contributed by atoms with E-state index in [1.165, 1.54) is 5.56 Å². The van der Waals surface area contributed by atoms with Crippen LogP contribution in [0.4, 0.5) is 5.69 Å². The predicted octanol–water partition coefficient (Wildman–Crippen LogP) is 3.18. The summed E-state index contributed by atoms with van der Waals surface area (Å²) in [4.78, 5) is 4.15. The molecule has 2 rings (SSSR count). The summed E-state index contributed by atoms with van der Waals surface area (Å²) in [6.45, 7) is 2.40. The number of aliphatic hydroxyl groups is 1. The van der Waals surface area contributed by atoms with Gasteiger partial charge in [0.15, 0.2) is 5.96 Å². The summed E-state index contributed by atoms with van der Waals surface area (Å²) in [6, 6.07) is 15.5. The molecule has 24 heavy (non-hydrogen) atoms. The van der Waals surface area contributed by atoms with Gasteiger partial charge in [0.25, 0.3) is 0 Å². The Bertz CT molecular complexity index is 691. The first-order valence-electron chi connectivity index (χ1n) is 7.79. The fourth-order valence-corrected chi connectivity index (χ4v) is 2.46. The lowest BCUT2D eigenvalue weighted by Gasteiger charge is -2.12. The molecule has 128 valence electrons. The van der Waals surface area contributed by atoms with Crippen LogP contribution in [0.5, 0.6) is 5.75 Å². The normalized spacial score (nSPS) is 12.7. The van der Waals surface area contributed by atoms with E-state index in [9.17, 15) is 5.11 Å². The van der Waals surface area contributed by atoms with Gasteiger partial charge in [-0.15, -0.1) is 0 Å². The van der Waals surface area contributed by atoms with Gasteiger partial charge in [-0.3, -0.25) is 4.99 Å². The van der Waals surface area contributed by atoms with E-state index in [4.69, 9.17) is 10.5 Å². The third-order valence-electron chi connectivity index (χ3n) is 3.35. The fourth-order valence-electron chi connectivity index (χ4n) is 2.06. The van der Waals surface area contributed by atoms with Crippen LogP contribution in [0.15, 0.2) is 58.0 Å². The average molecular weight is 392 g/mol. The zero-order chi connectivity index (χ0) is 17.4. The molecule has 0 saturated heterocycles. The van der Waals surface area contributed by atoms with Gasteiger partial charge in [-0.05, 0) is 52.2 Å². The van der Waals surface area contributed by atoms with Crippen LogP contribution in [0.1, 0.15) is 12.5 Å². The van der Waals surface area contributed by atoms with Gasteiger partial charge in [0.1, 0.15) is 18.5 Å². The number of nitrogens with one attached hydrogen (secondary N) is 1. The molecular weight excluding hydrogens is 370 g/mol. The van der Waals surface area contributed by atoms with Gasteiger partial charge in [-0.1, -0.05) is 31.2 Å². The standard InChI is InChI=1S/C18H22BrN3O2/c1-2-13-6-5-7-14(10-13)22-18(20)21-11-15(23)12-24-17-9-4-3-8-16(17)19/h3-10,15,23H,2,11-12H2,1H3,(H3,20,21,22). The van der Waals surface area contributed by atoms with Crippen LogP contribution in [0.25, 0.3) is 0 Å². The van der Waals surface area contributed by atoms with E-state index >= 15 is 0 Å². The number of halogens is 1. The van der Waals surface area contributed by atoms with Crippen LogP contribution >= 0.6 is 15.9 Å². The minimum atomic E-state index is -0.737. The third kappa shape index (κ3) is 5.86. The molecule has 2 aromatic carbocycles. The number of aliphatic imine (C=N–C) groups is 1. The van der Waals surface area contributed by atoms with Crippen molar-refractivity contribution in [2.24, 2.45) is 10.7 Å². The minimum Gasteiger partial charge on any atom is -0.490 e. The van der Waals surface area contributed by atoms with Crippen LogP contribution in [0, 0.1) is 0 Å². The van der Waals surface area contributed by atoms with Gasteiger partial charge in [0.05, 0.1) is 11.0 Å². The van der Waals surface area contributed by atoms with Crippen molar-refractivity contribution < 1.29 is 9.84 Å². The van der Waals surface area contributed by atoms with Crippen molar-refractivity contribution >= 4 is 27.6 Å². The van der Waals surface area contributed by atoms with Crippen LogP contribution in [-0.4, -0.2) is 30.3 Å². The molecule has 0 fully saturated rings. The molecule has 0 spiro atoms. The number of nitrogens with two attached hydrogens (primary N) is 1. The average Bonchev–Trinajstić information content (AvgIpc) is 2.59. The molecule has 0 aliphatic heterocycles. The minimum absolute atomic E-state index is 0.144. The Morgan fingerprint density at radius 1 is 1.29 bits per heavy atom. The number of rotatable bonds is 7. The maximum atomic E-state index is 9.97. The second-order valence-corrected chi connectivity index (χ2v) is 6.15. The van der Waals surface area contributed by atoms with Gasteiger partial charge in [-0.2, -0.15) is 0 Å². The van der Waals surface area contributed by atoms with Gasteiger partial charge in [0, 0.05) is 5.69 Å². The van der Waals surface area contributed by atoms with Crippen LogP contribution in [0.3, 0.4) is 0 Å². The molecule has 0 aromatic heterocycles. The number of nitrogens with zero attached hydrogens (tertiary/aromatic N) is 1. The smallest absolute Gasteiger partial charge is 0.193 e. The molecule has 0 saturated carbocycles. The summed E-state index contributed by atoms with van der Waals surface area (Å²) in [5, 5.41) is 13.0. The van der Waals surface area contributed by atoms with Crippen LogP contribution < -0.4 is 15.8 Å². The Morgan fingerprint density at radius 3 is 2.83 bits per heavy atom. The summed E-state index contributed by atoms with van der Waals surface area (Å²) in [5.74, 6) is 0.950. The highest BCUT2D eigenvalue weighted by atomic mass is 79.9. The van der Waals surface area contributed by atoms with Gasteiger partial charge in [-0.25, -0.2) is 0 Å². The second kappa shape index (κ2) is 9.30. The molecule has 0 radical (unpaired) electrons. The molecule has 2 aromatic rings. The molecular formula is C18H22BrN3O2. The number of aryl methyl sites for hydroxylation is 1. The van der Waals surface area contributed by atoms with E-state index in [2.05, 4.69) is 39.2 Å². The first-order valence-corrected chi connectivity index (χ1v) is 8.59. The number of hydrogen-bond donors (Lipinski definition) is 3. The maximum absolute atomic E-state index is 9.97. The van der Waals surface area contributed by atoms with E-state index in [0.717, 1.165) is 16.6 Å². The molecule has 1 unspecified atom stereocenters. The van der Waals surface area contributed by atoms with Gasteiger partial charge >= 0.3 is 0 Å². The number of para-hydroxylation sites is 1. The number of hydrogen-bond acceptors (Lipinski definition) is 3. The fraction of sp³-hybridized carbons (Fsp3) is 0.278. The lowest BCUT2D eigenvalue weighted by Crippen LogP contribution is -2.27. The Kier molecular flexibility index (Phi) is 7.08. The first-order chi connectivity index (χ1) is 11.6. The highest BCUT2D eigenvalue weighted by molar-refractivity contribution is 9.10. The SMILES string of the molecule is CCc1cccc(NC(N)=NCC(O)COc2ccccc2Br)c1. The first kappa shape index (κ1) is 18.3. The number of benzene rings is 2. The predicted molar refractivity (Wildman–Crippen MR) is 102 cm³/mol. The van der Waals surface area contributed by atoms with Crippen molar-refractivity contribution in [1.82, 2.24) is 0 Å². The Morgan fingerprint density at radius 2 is 2.08 bits per heavy atom. The van der Waals surface area contributed by atoms with Crippen molar-refractivity contribution in [3.63, 3.8) is 0 Å². The van der Waals surface area contributed by atoms with Crippen LogP contribution in [-0.2, 0) is 6.42 Å². The van der Waals surface area contributed by atoms with Crippen molar-refractivity contribution in [3.05, 3.63) is 58.6 Å². The molecule has 6 heteroatoms. The molecule has 0 heterocycles. The number of aliphatic hydroxyl groups excluding tert-OH is 1. The topological polar surface area (TPSA) is 79.9 Å². The van der Waals surface area contributed by atoms with Gasteiger partial charge in [0.2, 0.25) is 0 Å². The van der Waals surface area contributed by atoms with Crippen molar-refractivity contribution in [2.75, 3.05) is 18.5 Å². The van der Waals surface area contributed by atoms with E-state index in [-0.39, 0.29) is 19.1 Å². The highest BCUT2D eigenvalue weighted by Crippen LogP contribution is 2.23. The van der Waals surface area contributed by atoms with E-state index < -0.39 is 6.10 Å². The summed E-state index contributed by atoms with van der Waals surface area (Å²) in [5.41, 5.74) is 7.96. The zero-order valence-electron chi connectivity index (χ0n) is 13.6. The number of ether oxygens (including phenoxy) is 1.